The summed E-state index contributed by atoms with van der Waals surface area (Å²) in [4.78, 5) is 9.23. The van der Waals surface area contributed by atoms with E-state index in [4.69, 9.17) is 4.98 Å². The van der Waals surface area contributed by atoms with Crippen molar-refractivity contribution in [3.8, 4) is 5.82 Å². The molecule has 0 atom stereocenters. The average molecular weight is 287 g/mol. The van der Waals surface area contributed by atoms with E-state index < -0.39 is 0 Å². The Bertz CT molecular complexity index is 595. The van der Waals surface area contributed by atoms with Gasteiger partial charge in [-0.1, -0.05) is 19.9 Å². The highest BCUT2D eigenvalue weighted by molar-refractivity contribution is 5.25. The molecule has 0 unspecified atom stereocenters. The summed E-state index contributed by atoms with van der Waals surface area (Å²) in [5.74, 6) is 2.67. The molecule has 114 valence electrons. The highest BCUT2D eigenvalue weighted by Gasteiger charge is 2.12. The zero-order chi connectivity index (χ0) is 15.5. The Balaban J connectivity index is 2.26. The lowest BCUT2D eigenvalue weighted by molar-refractivity contribution is 0.421. The van der Waals surface area contributed by atoms with Gasteiger partial charge in [0.15, 0.2) is 11.6 Å². The summed E-state index contributed by atoms with van der Waals surface area (Å²) in [6, 6.07) is 6.04. The van der Waals surface area contributed by atoms with Crippen LogP contribution in [0.15, 0.2) is 18.2 Å². The molecule has 0 aliphatic rings. The van der Waals surface area contributed by atoms with Gasteiger partial charge in [-0.2, -0.15) is 4.68 Å². The molecule has 2 heterocycles. The Morgan fingerprint density at radius 2 is 1.86 bits per heavy atom. The van der Waals surface area contributed by atoms with Crippen molar-refractivity contribution in [1.82, 2.24) is 25.1 Å². The summed E-state index contributed by atoms with van der Waals surface area (Å²) in [5.41, 5.74) is 1.09. The van der Waals surface area contributed by atoms with E-state index in [9.17, 15) is 0 Å². The third-order valence-corrected chi connectivity index (χ3v) is 3.16. The van der Waals surface area contributed by atoms with Gasteiger partial charge in [0.25, 0.3) is 0 Å². The minimum absolute atomic E-state index is 0.0783. The summed E-state index contributed by atoms with van der Waals surface area (Å²) in [7, 11) is 0. The van der Waals surface area contributed by atoms with Gasteiger partial charge in [-0.25, -0.2) is 9.97 Å². The molecule has 0 radical (unpaired) electrons. The van der Waals surface area contributed by atoms with Gasteiger partial charge in [-0.05, 0) is 32.9 Å². The molecule has 0 bridgehead atoms. The second-order valence-electron chi connectivity index (χ2n) is 6.15. The van der Waals surface area contributed by atoms with E-state index in [0.29, 0.717) is 0 Å². The van der Waals surface area contributed by atoms with Crippen molar-refractivity contribution in [2.75, 3.05) is 0 Å². The number of aromatic nitrogens is 4. The molecule has 5 heteroatoms. The van der Waals surface area contributed by atoms with Crippen molar-refractivity contribution in [1.29, 1.82) is 0 Å². The van der Waals surface area contributed by atoms with Crippen LogP contribution in [-0.4, -0.2) is 25.3 Å². The third-order valence-electron chi connectivity index (χ3n) is 3.16. The van der Waals surface area contributed by atoms with Crippen LogP contribution in [0, 0.1) is 0 Å². The highest BCUT2D eigenvalue weighted by atomic mass is 15.4. The molecule has 2 rings (SSSR count). The number of hydrogen-bond donors (Lipinski definition) is 1. The van der Waals surface area contributed by atoms with E-state index in [1.807, 2.05) is 22.9 Å². The Hall–Kier alpha value is -1.75. The maximum Gasteiger partial charge on any atom is 0.155 e. The standard InChI is InChI=1S/C16H25N5/c1-6-13-19-14(7-2)21(20-13)15-10-8-9-12(18-15)11-17-16(3,4)5/h8-10,17H,6-7,11H2,1-5H3. The fourth-order valence-electron chi connectivity index (χ4n) is 1.99. The van der Waals surface area contributed by atoms with E-state index in [1.54, 1.807) is 0 Å². The van der Waals surface area contributed by atoms with E-state index in [2.05, 4.69) is 50.0 Å². The number of nitrogens with one attached hydrogen (secondary N) is 1. The maximum absolute atomic E-state index is 4.70. The van der Waals surface area contributed by atoms with Crippen LogP contribution in [0.5, 0.6) is 0 Å². The molecule has 1 N–H and O–H groups in total. The van der Waals surface area contributed by atoms with Crippen molar-refractivity contribution >= 4 is 0 Å². The minimum atomic E-state index is 0.0783. The molecule has 0 saturated heterocycles. The fraction of sp³-hybridized carbons (Fsp3) is 0.562. The first-order valence-electron chi connectivity index (χ1n) is 7.59. The summed E-state index contributed by atoms with van der Waals surface area (Å²) >= 11 is 0. The van der Waals surface area contributed by atoms with E-state index >= 15 is 0 Å². The zero-order valence-corrected chi connectivity index (χ0v) is 13.6. The Morgan fingerprint density at radius 1 is 1.10 bits per heavy atom. The summed E-state index contributed by atoms with van der Waals surface area (Å²) < 4.78 is 1.86. The molecule has 0 saturated carbocycles. The summed E-state index contributed by atoms with van der Waals surface area (Å²) in [6.45, 7) is 11.3. The van der Waals surface area contributed by atoms with Crippen LogP contribution in [0.2, 0.25) is 0 Å². The second-order valence-corrected chi connectivity index (χ2v) is 6.15. The fourth-order valence-corrected chi connectivity index (χ4v) is 1.99. The summed E-state index contributed by atoms with van der Waals surface area (Å²) in [5, 5.41) is 8.00. The maximum atomic E-state index is 4.70. The second kappa shape index (κ2) is 6.35. The van der Waals surface area contributed by atoms with Gasteiger partial charge in [0.1, 0.15) is 5.82 Å². The first-order chi connectivity index (χ1) is 9.93. The van der Waals surface area contributed by atoms with Gasteiger partial charge in [-0.3, -0.25) is 0 Å². The molecular weight excluding hydrogens is 262 g/mol. The number of nitrogens with zero attached hydrogens (tertiary/aromatic N) is 4. The third kappa shape index (κ3) is 4.11. The lowest BCUT2D eigenvalue weighted by atomic mass is 10.1. The molecule has 0 aliphatic heterocycles. The highest BCUT2D eigenvalue weighted by Crippen LogP contribution is 2.10. The largest absolute Gasteiger partial charge is 0.306 e. The number of rotatable bonds is 5. The molecule has 5 nitrogen and oxygen atoms in total. The lowest BCUT2D eigenvalue weighted by Gasteiger charge is -2.20. The first-order valence-corrected chi connectivity index (χ1v) is 7.59. The summed E-state index contributed by atoms with van der Waals surface area (Å²) in [6.07, 6.45) is 1.68. The van der Waals surface area contributed by atoms with Gasteiger partial charge in [0, 0.05) is 24.9 Å². The van der Waals surface area contributed by atoms with Gasteiger partial charge in [0.05, 0.1) is 5.69 Å². The lowest BCUT2D eigenvalue weighted by Crippen LogP contribution is -2.35. The Morgan fingerprint density at radius 3 is 2.48 bits per heavy atom. The van der Waals surface area contributed by atoms with Gasteiger partial charge >= 0.3 is 0 Å². The van der Waals surface area contributed by atoms with Crippen LogP contribution in [0.4, 0.5) is 0 Å². The molecule has 0 spiro atoms. The molecule has 2 aromatic heterocycles. The first kappa shape index (κ1) is 15.6. The van der Waals surface area contributed by atoms with E-state index in [-0.39, 0.29) is 5.54 Å². The van der Waals surface area contributed by atoms with Gasteiger partial charge in [0.2, 0.25) is 0 Å². The minimum Gasteiger partial charge on any atom is -0.306 e. The molecule has 0 amide bonds. The van der Waals surface area contributed by atoms with E-state index in [1.165, 1.54) is 0 Å². The van der Waals surface area contributed by atoms with E-state index in [0.717, 1.165) is 42.5 Å². The van der Waals surface area contributed by atoms with Gasteiger partial charge in [-0.15, -0.1) is 5.10 Å². The SMILES string of the molecule is CCc1nc(CC)n(-c2cccc(CNC(C)(C)C)n2)n1. The molecular formula is C16H25N5. The van der Waals surface area contributed by atoms with Crippen LogP contribution >= 0.6 is 0 Å². The Kier molecular flexibility index (Phi) is 4.73. The molecule has 0 aromatic carbocycles. The van der Waals surface area contributed by atoms with Crippen LogP contribution in [0.1, 0.15) is 52.0 Å². The molecule has 2 aromatic rings. The normalized spacial score (nSPS) is 11.9. The average Bonchev–Trinajstić information content (AvgIpc) is 2.88. The van der Waals surface area contributed by atoms with Crippen LogP contribution in [0.25, 0.3) is 5.82 Å². The van der Waals surface area contributed by atoms with Crippen molar-refractivity contribution in [3.63, 3.8) is 0 Å². The van der Waals surface area contributed by atoms with Crippen molar-refractivity contribution in [2.24, 2.45) is 0 Å². The van der Waals surface area contributed by atoms with Crippen LogP contribution < -0.4 is 5.32 Å². The predicted molar refractivity (Wildman–Crippen MR) is 84.5 cm³/mol. The van der Waals surface area contributed by atoms with Crippen molar-refractivity contribution in [2.45, 2.75) is 59.5 Å². The van der Waals surface area contributed by atoms with Crippen LogP contribution in [-0.2, 0) is 19.4 Å². The number of pyridine rings is 1. The predicted octanol–water partition coefficient (Wildman–Crippen LogP) is 2.68. The quantitative estimate of drug-likeness (QED) is 0.918. The molecule has 21 heavy (non-hydrogen) atoms. The number of aryl methyl sites for hydroxylation is 2. The van der Waals surface area contributed by atoms with Crippen molar-refractivity contribution in [3.05, 3.63) is 35.5 Å². The smallest absolute Gasteiger partial charge is 0.155 e. The van der Waals surface area contributed by atoms with Gasteiger partial charge < -0.3 is 5.32 Å². The number of hydrogen-bond acceptors (Lipinski definition) is 4. The van der Waals surface area contributed by atoms with Crippen molar-refractivity contribution < 1.29 is 0 Å². The van der Waals surface area contributed by atoms with Crippen LogP contribution in [0.3, 0.4) is 0 Å². The molecule has 0 fully saturated rings. The topological polar surface area (TPSA) is 55.6 Å². The monoisotopic (exact) mass is 287 g/mol. The molecule has 0 aliphatic carbocycles. The zero-order valence-electron chi connectivity index (χ0n) is 13.6. The Labute approximate surface area is 126 Å².